The Balaban J connectivity index is 1.68. The van der Waals surface area contributed by atoms with Crippen molar-refractivity contribution in [3.8, 4) is 17.1 Å². The van der Waals surface area contributed by atoms with Gasteiger partial charge in [0.15, 0.2) is 5.82 Å². The second-order valence-corrected chi connectivity index (χ2v) is 5.85. The van der Waals surface area contributed by atoms with Crippen molar-refractivity contribution in [1.82, 2.24) is 14.8 Å². The van der Waals surface area contributed by atoms with Crippen LogP contribution in [0.2, 0.25) is 0 Å². The van der Waals surface area contributed by atoms with Crippen LogP contribution in [-0.2, 0) is 16.0 Å². The Hall–Kier alpha value is -2.95. The molecule has 0 amide bonds. The average Bonchev–Trinajstić information content (AvgIpc) is 3.11. The maximum atomic E-state index is 11.4. The molecule has 0 spiro atoms. The maximum absolute atomic E-state index is 11.4. The van der Waals surface area contributed by atoms with E-state index in [0.717, 1.165) is 16.8 Å². The van der Waals surface area contributed by atoms with Gasteiger partial charge in [-0.3, -0.25) is 4.79 Å². The molecule has 0 fully saturated rings. The molecule has 0 unspecified atom stereocenters. The van der Waals surface area contributed by atoms with Crippen molar-refractivity contribution in [2.45, 2.75) is 26.7 Å². The van der Waals surface area contributed by atoms with Crippen molar-refractivity contribution >= 4 is 5.97 Å². The minimum absolute atomic E-state index is 0.162. The van der Waals surface area contributed by atoms with Crippen LogP contribution in [0.4, 0.5) is 0 Å². The van der Waals surface area contributed by atoms with Gasteiger partial charge in [0.25, 0.3) is 0 Å². The molecule has 5 heteroatoms. The molecule has 25 heavy (non-hydrogen) atoms. The number of carbonyl (C=O) groups is 1. The molecule has 0 aliphatic rings. The molecule has 0 saturated heterocycles. The summed E-state index contributed by atoms with van der Waals surface area (Å²) in [5, 5.41) is 4.54. The zero-order valence-corrected chi connectivity index (χ0v) is 14.5. The van der Waals surface area contributed by atoms with Crippen LogP contribution >= 0.6 is 0 Å². The number of aryl methyl sites for hydroxylation is 2. The highest BCUT2D eigenvalue weighted by atomic mass is 16.5. The first-order valence-electron chi connectivity index (χ1n) is 8.39. The van der Waals surface area contributed by atoms with Gasteiger partial charge in [0.05, 0.1) is 12.3 Å². The van der Waals surface area contributed by atoms with Gasteiger partial charge in [0, 0.05) is 12.0 Å². The molecule has 0 bridgehead atoms. The van der Waals surface area contributed by atoms with E-state index < -0.39 is 0 Å². The lowest BCUT2D eigenvalue weighted by atomic mass is 10.1. The second-order valence-electron chi connectivity index (χ2n) is 5.85. The second kappa shape index (κ2) is 7.75. The number of esters is 1. The van der Waals surface area contributed by atoms with Gasteiger partial charge in [-0.05, 0) is 38.0 Å². The molecule has 5 nitrogen and oxygen atoms in total. The van der Waals surface area contributed by atoms with Crippen molar-refractivity contribution in [1.29, 1.82) is 0 Å². The molecule has 0 aliphatic heterocycles. The summed E-state index contributed by atoms with van der Waals surface area (Å²) < 4.78 is 6.71. The average molecular weight is 335 g/mol. The van der Waals surface area contributed by atoms with E-state index in [2.05, 4.69) is 29.1 Å². The van der Waals surface area contributed by atoms with Gasteiger partial charge in [-0.2, -0.15) is 0 Å². The summed E-state index contributed by atoms with van der Waals surface area (Å²) in [5.74, 6) is 0.516. The molecular weight excluding hydrogens is 314 g/mol. The highest BCUT2D eigenvalue weighted by Gasteiger charge is 2.07. The van der Waals surface area contributed by atoms with Crippen LogP contribution in [0.5, 0.6) is 0 Å². The van der Waals surface area contributed by atoms with Gasteiger partial charge in [-0.25, -0.2) is 9.67 Å². The summed E-state index contributed by atoms with van der Waals surface area (Å²) in [6.45, 7) is 4.29. The van der Waals surface area contributed by atoms with Crippen molar-refractivity contribution in [3.63, 3.8) is 0 Å². The Morgan fingerprint density at radius 3 is 2.48 bits per heavy atom. The molecule has 0 saturated carbocycles. The molecule has 3 rings (SSSR count). The predicted octanol–water partition coefficient (Wildman–Crippen LogP) is 3.74. The third-order valence-electron chi connectivity index (χ3n) is 3.93. The molecule has 2 aromatic carbocycles. The highest BCUT2D eigenvalue weighted by Crippen LogP contribution is 2.17. The maximum Gasteiger partial charge on any atom is 0.306 e. The van der Waals surface area contributed by atoms with E-state index in [0.29, 0.717) is 25.3 Å². The lowest BCUT2D eigenvalue weighted by Gasteiger charge is -2.03. The van der Waals surface area contributed by atoms with Crippen LogP contribution in [0.15, 0.2) is 54.9 Å². The smallest absolute Gasteiger partial charge is 0.306 e. The van der Waals surface area contributed by atoms with Crippen LogP contribution < -0.4 is 0 Å². The van der Waals surface area contributed by atoms with Crippen LogP contribution in [-0.4, -0.2) is 27.3 Å². The van der Waals surface area contributed by atoms with Crippen molar-refractivity contribution < 1.29 is 9.53 Å². The van der Waals surface area contributed by atoms with Crippen LogP contribution in [0.1, 0.15) is 24.5 Å². The lowest BCUT2D eigenvalue weighted by Crippen LogP contribution is -2.05. The summed E-state index contributed by atoms with van der Waals surface area (Å²) in [6, 6.07) is 16.1. The molecule has 0 atom stereocenters. The summed E-state index contributed by atoms with van der Waals surface area (Å²) in [5.41, 5.74) is 4.23. The van der Waals surface area contributed by atoms with Gasteiger partial charge in [-0.15, -0.1) is 5.10 Å². The number of carbonyl (C=O) groups excluding carboxylic acids is 1. The number of hydrogen-bond donors (Lipinski definition) is 0. The molecule has 128 valence electrons. The van der Waals surface area contributed by atoms with E-state index in [-0.39, 0.29) is 5.97 Å². The number of benzene rings is 2. The van der Waals surface area contributed by atoms with E-state index >= 15 is 0 Å². The Morgan fingerprint density at radius 2 is 1.80 bits per heavy atom. The first-order valence-corrected chi connectivity index (χ1v) is 8.39. The Bertz CT molecular complexity index is 836. The summed E-state index contributed by atoms with van der Waals surface area (Å²) in [4.78, 5) is 15.8. The SMILES string of the molecule is CCOC(=O)CCc1ccc(-c2ncn(-c3ccc(C)cc3)n2)cc1. The first kappa shape index (κ1) is 16.9. The largest absolute Gasteiger partial charge is 0.466 e. The molecule has 0 N–H and O–H groups in total. The quantitative estimate of drug-likeness (QED) is 0.644. The van der Waals surface area contributed by atoms with Crippen molar-refractivity contribution in [2.24, 2.45) is 0 Å². The summed E-state index contributed by atoms with van der Waals surface area (Å²) >= 11 is 0. The topological polar surface area (TPSA) is 57.0 Å². The van der Waals surface area contributed by atoms with E-state index in [9.17, 15) is 4.79 Å². The van der Waals surface area contributed by atoms with E-state index in [1.807, 2.05) is 43.3 Å². The Labute approximate surface area is 147 Å². The van der Waals surface area contributed by atoms with E-state index in [1.54, 1.807) is 11.0 Å². The van der Waals surface area contributed by atoms with Crippen LogP contribution in [0.3, 0.4) is 0 Å². The van der Waals surface area contributed by atoms with Gasteiger partial charge in [0.1, 0.15) is 6.33 Å². The van der Waals surface area contributed by atoms with E-state index in [1.165, 1.54) is 5.56 Å². The molecule has 1 heterocycles. The van der Waals surface area contributed by atoms with Crippen LogP contribution in [0, 0.1) is 6.92 Å². The summed E-state index contributed by atoms with van der Waals surface area (Å²) in [6.07, 6.45) is 2.78. The van der Waals surface area contributed by atoms with Crippen molar-refractivity contribution in [3.05, 3.63) is 66.0 Å². The number of rotatable bonds is 6. The Morgan fingerprint density at radius 1 is 1.08 bits per heavy atom. The third-order valence-corrected chi connectivity index (χ3v) is 3.93. The van der Waals surface area contributed by atoms with Gasteiger partial charge < -0.3 is 4.74 Å². The fraction of sp³-hybridized carbons (Fsp3) is 0.250. The fourth-order valence-corrected chi connectivity index (χ4v) is 2.52. The van der Waals surface area contributed by atoms with Gasteiger partial charge in [-0.1, -0.05) is 42.0 Å². The minimum atomic E-state index is -0.162. The molecule has 0 aliphatic carbocycles. The number of aromatic nitrogens is 3. The third kappa shape index (κ3) is 4.32. The molecule has 3 aromatic rings. The number of hydrogen-bond acceptors (Lipinski definition) is 4. The zero-order chi connectivity index (χ0) is 17.6. The minimum Gasteiger partial charge on any atom is -0.466 e. The highest BCUT2D eigenvalue weighted by molar-refractivity contribution is 5.69. The van der Waals surface area contributed by atoms with Crippen LogP contribution in [0.25, 0.3) is 17.1 Å². The molecule has 1 aromatic heterocycles. The zero-order valence-electron chi connectivity index (χ0n) is 14.5. The standard InChI is InChI=1S/C20H21N3O2/c1-3-25-19(24)13-8-16-6-9-17(10-7-16)20-21-14-23(22-20)18-11-4-15(2)5-12-18/h4-7,9-12,14H,3,8,13H2,1-2H3. The first-order chi connectivity index (χ1) is 12.2. The van der Waals surface area contributed by atoms with E-state index in [4.69, 9.17) is 4.74 Å². The Kier molecular flexibility index (Phi) is 5.23. The number of nitrogens with zero attached hydrogens (tertiary/aromatic N) is 3. The predicted molar refractivity (Wildman–Crippen MR) is 96.5 cm³/mol. The van der Waals surface area contributed by atoms with Crippen molar-refractivity contribution in [2.75, 3.05) is 6.61 Å². The molecular formula is C20H21N3O2. The van der Waals surface area contributed by atoms with Gasteiger partial charge >= 0.3 is 5.97 Å². The summed E-state index contributed by atoms with van der Waals surface area (Å²) in [7, 11) is 0. The number of ether oxygens (including phenoxy) is 1. The van der Waals surface area contributed by atoms with Gasteiger partial charge in [0.2, 0.25) is 0 Å². The monoisotopic (exact) mass is 335 g/mol. The lowest BCUT2D eigenvalue weighted by molar-refractivity contribution is -0.143. The molecule has 0 radical (unpaired) electrons. The normalized spacial score (nSPS) is 10.6. The fourth-order valence-electron chi connectivity index (χ4n) is 2.52.